The smallest absolute Gasteiger partial charge is 0.263 e. The molecule has 2 aromatic rings. The van der Waals surface area contributed by atoms with Crippen LogP contribution in [-0.2, 0) is 0 Å². The van der Waals surface area contributed by atoms with E-state index in [1.807, 2.05) is 0 Å². The highest BCUT2D eigenvalue weighted by atomic mass is 35.5. The number of nitrogens with one attached hydrogen (secondary N) is 2. The fraction of sp³-hybridized carbons (Fsp3) is 0.375. The molecule has 1 aromatic heterocycles. The minimum atomic E-state index is -0.318. The summed E-state index contributed by atoms with van der Waals surface area (Å²) < 4.78 is 13.8. The van der Waals surface area contributed by atoms with Gasteiger partial charge in [-0.05, 0) is 31.4 Å². The average Bonchev–Trinajstić information content (AvgIpc) is 3.24. The molecule has 4 rings (SSSR count). The SMILES string of the molecule is Cl.O=C(N[C@@H]1C[C@H]2CC[C@@H]1N2)c1cnc(-c2ccccc2F)s1. The molecule has 7 heteroatoms. The van der Waals surface area contributed by atoms with Gasteiger partial charge in [0.25, 0.3) is 5.91 Å². The van der Waals surface area contributed by atoms with Crippen LogP contribution >= 0.6 is 23.7 Å². The zero-order chi connectivity index (χ0) is 15.1. The van der Waals surface area contributed by atoms with Crippen molar-refractivity contribution >= 4 is 29.7 Å². The van der Waals surface area contributed by atoms with Gasteiger partial charge in [0.05, 0.1) is 6.20 Å². The number of halogens is 2. The van der Waals surface area contributed by atoms with Crippen LogP contribution < -0.4 is 10.6 Å². The third-order valence-electron chi connectivity index (χ3n) is 4.45. The third kappa shape index (κ3) is 3.11. The maximum atomic E-state index is 13.8. The van der Waals surface area contributed by atoms with Gasteiger partial charge in [0.1, 0.15) is 15.7 Å². The number of aromatic nitrogens is 1. The number of fused-ring (bicyclic) bond motifs is 2. The van der Waals surface area contributed by atoms with Crippen LogP contribution in [0.4, 0.5) is 4.39 Å². The lowest BCUT2D eigenvalue weighted by atomic mass is 9.95. The summed E-state index contributed by atoms with van der Waals surface area (Å²) in [5, 5.41) is 7.11. The number of thiazole rings is 1. The predicted octanol–water partition coefficient (Wildman–Crippen LogP) is 2.99. The zero-order valence-corrected chi connectivity index (χ0v) is 13.9. The molecule has 2 bridgehead atoms. The summed E-state index contributed by atoms with van der Waals surface area (Å²) in [6.45, 7) is 0. The number of amides is 1. The van der Waals surface area contributed by atoms with E-state index in [1.54, 1.807) is 18.2 Å². The van der Waals surface area contributed by atoms with Crippen molar-refractivity contribution in [1.82, 2.24) is 15.6 Å². The van der Waals surface area contributed by atoms with E-state index >= 15 is 0 Å². The molecule has 23 heavy (non-hydrogen) atoms. The average molecular weight is 354 g/mol. The molecule has 1 amide bonds. The molecule has 0 radical (unpaired) electrons. The summed E-state index contributed by atoms with van der Waals surface area (Å²) in [5.41, 5.74) is 0.438. The van der Waals surface area contributed by atoms with Crippen LogP contribution in [-0.4, -0.2) is 29.0 Å². The first-order valence-corrected chi connectivity index (χ1v) is 8.30. The van der Waals surface area contributed by atoms with Crippen LogP contribution in [0.15, 0.2) is 30.5 Å². The van der Waals surface area contributed by atoms with E-state index < -0.39 is 0 Å². The molecule has 0 saturated carbocycles. The number of rotatable bonds is 3. The Labute approximate surface area is 143 Å². The summed E-state index contributed by atoms with van der Waals surface area (Å²) in [6.07, 6.45) is 4.85. The molecule has 122 valence electrons. The van der Waals surface area contributed by atoms with Crippen LogP contribution in [0, 0.1) is 5.82 Å². The molecule has 0 aliphatic carbocycles. The maximum Gasteiger partial charge on any atom is 0.263 e. The van der Waals surface area contributed by atoms with Gasteiger partial charge in [-0.15, -0.1) is 23.7 Å². The van der Waals surface area contributed by atoms with Crippen LogP contribution in [0.25, 0.3) is 10.6 Å². The standard InChI is InChI=1S/C16H16FN3OS.ClH/c17-11-4-2-1-3-10(11)16-18-8-14(22-16)15(21)20-13-7-9-5-6-12(13)19-9;/h1-4,8-9,12-13,19H,5-7H2,(H,20,21);1H/t9-,12+,13-;/m1./s1. The second-order valence-corrected chi connectivity index (χ2v) is 6.90. The van der Waals surface area contributed by atoms with Crippen LogP contribution in [0.1, 0.15) is 28.9 Å². The number of carbonyl (C=O) groups excluding carboxylic acids is 1. The fourth-order valence-electron chi connectivity index (χ4n) is 3.36. The van der Waals surface area contributed by atoms with Crippen molar-refractivity contribution < 1.29 is 9.18 Å². The van der Waals surface area contributed by atoms with E-state index in [4.69, 9.17) is 0 Å². The fourth-order valence-corrected chi connectivity index (χ4v) is 4.21. The Balaban J connectivity index is 0.00000156. The van der Waals surface area contributed by atoms with Crippen molar-refractivity contribution in [3.63, 3.8) is 0 Å². The lowest BCUT2D eigenvalue weighted by Gasteiger charge is -2.20. The highest BCUT2D eigenvalue weighted by Gasteiger charge is 2.39. The number of hydrogen-bond donors (Lipinski definition) is 2. The second kappa shape index (κ2) is 6.55. The van der Waals surface area contributed by atoms with E-state index in [-0.39, 0.29) is 30.2 Å². The van der Waals surface area contributed by atoms with Gasteiger partial charge in [-0.2, -0.15) is 0 Å². The van der Waals surface area contributed by atoms with E-state index in [0.717, 1.165) is 12.8 Å². The molecule has 2 aliphatic rings. The molecular weight excluding hydrogens is 337 g/mol. The van der Waals surface area contributed by atoms with E-state index in [0.29, 0.717) is 27.5 Å². The lowest BCUT2D eigenvalue weighted by molar-refractivity contribution is 0.0935. The van der Waals surface area contributed by atoms with Gasteiger partial charge < -0.3 is 10.6 Å². The van der Waals surface area contributed by atoms with Gasteiger partial charge in [0.2, 0.25) is 0 Å². The molecule has 2 saturated heterocycles. The molecule has 2 N–H and O–H groups in total. The highest BCUT2D eigenvalue weighted by molar-refractivity contribution is 7.16. The van der Waals surface area contributed by atoms with Crippen LogP contribution in [0.5, 0.6) is 0 Å². The van der Waals surface area contributed by atoms with Crippen LogP contribution in [0.3, 0.4) is 0 Å². The first-order chi connectivity index (χ1) is 10.7. The maximum absolute atomic E-state index is 13.8. The topological polar surface area (TPSA) is 54.0 Å². The number of benzene rings is 1. The first-order valence-electron chi connectivity index (χ1n) is 7.48. The van der Waals surface area contributed by atoms with Crippen molar-refractivity contribution in [3.05, 3.63) is 41.2 Å². The molecule has 3 atom stereocenters. The summed E-state index contributed by atoms with van der Waals surface area (Å²) in [6, 6.07) is 7.62. The number of hydrogen-bond acceptors (Lipinski definition) is 4. The Morgan fingerprint density at radius 2 is 2.17 bits per heavy atom. The Morgan fingerprint density at radius 1 is 1.35 bits per heavy atom. The van der Waals surface area contributed by atoms with Crippen molar-refractivity contribution in [2.45, 2.75) is 37.4 Å². The number of nitrogens with zero attached hydrogens (tertiary/aromatic N) is 1. The highest BCUT2D eigenvalue weighted by Crippen LogP contribution is 2.30. The monoisotopic (exact) mass is 353 g/mol. The Kier molecular flexibility index (Phi) is 4.66. The van der Waals surface area contributed by atoms with Crippen LogP contribution in [0.2, 0.25) is 0 Å². The van der Waals surface area contributed by atoms with Gasteiger partial charge in [0, 0.05) is 23.7 Å². The summed E-state index contributed by atoms with van der Waals surface area (Å²) in [4.78, 5) is 17.1. The molecule has 2 aliphatic heterocycles. The minimum Gasteiger partial charge on any atom is -0.347 e. The Hall–Kier alpha value is -1.50. The van der Waals surface area contributed by atoms with Gasteiger partial charge in [0.15, 0.2) is 0 Å². The summed E-state index contributed by atoms with van der Waals surface area (Å²) in [7, 11) is 0. The third-order valence-corrected chi connectivity index (χ3v) is 5.48. The van der Waals surface area contributed by atoms with Gasteiger partial charge >= 0.3 is 0 Å². The zero-order valence-electron chi connectivity index (χ0n) is 12.3. The lowest BCUT2D eigenvalue weighted by Crippen LogP contribution is -2.42. The molecule has 3 heterocycles. The van der Waals surface area contributed by atoms with E-state index in [1.165, 1.54) is 30.0 Å². The predicted molar refractivity (Wildman–Crippen MR) is 90.6 cm³/mol. The Bertz CT molecular complexity index is 723. The molecule has 4 nitrogen and oxygen atoms in total. The van der Waals surface area contributed by atoms with Crippen molar-refractivity contribution in [2.75, 3.05) is 0 Å². The number of carbonyl (C=O) groups is 1. The molecule has 0 unspecified atom stereocenters. The normalized spacial score (nSPS) is 25.2. The molecule has 0 spiro atoms. The van der Waals surface area contributed by atoms with E-state index in [9.17, 15) is 9.18 Å². The van der Waals surface area contributed by atoms with Crippen molar-refractivity contribution in [1.29, 1.82) is 0 Å². The minimum absolute atomic E-state index is 0. The van der Waals surface area contributed by atoms with Gasteiger partial charge in [-0.3, -0.25) is 4.79 Å². The quantitative estimate of drug-likeness (QED) is 0.892. The largest absolute Gasteiger partial charge is 0.347 e. The van der Waals surface area contributed by atoms with Gasteiger partial charge in [-0.25, -0.2) is 9.37 Å². The first kappa shape index (κ1) is 16.4. The van der Waals surface area contributed by atoms with Crippen molar-refractivity contribution in [2.24, 2.45) is 0 Å². The molecule has 2 fully saturated rings. The summed E-state index contributed by atoms with van der Waals surface area (Å²) >= 11 is 1.23. The Morgan fingerprint density at radius 3 is 2.87 bits per heavy atom. The second-order valence-electron chi connectivity index (χ2n) is 5.87. The molecular formula is C16H17ClFN3OS. The summed E-state index contributed by atoms with van der Waals surface area (Å²) in [5.74, 6) is -0.430. The molecule has 1 aromatic carbocycles. The van der Waals surface area contributed by atoms with E-state index in [2.05, 4.69) is 15.6 Å². The van der Waals surface area contributed by atoms with Gasteiger partial charge in [-0.1, -0.05) is 12.1 Å². The van der Waals surface area contributed by atoms with Crippen molar-refractivity contribution in [3.8, 4) is 10.6 Å².